The predicted molar refractivity (Wildman–Crippen MR) is 169 cm³/mol. The number of piperazine rings is 1. The van der Waals surface area contributed by atoms with E-state index in [2.05, 4.69) is 10.2 Å². The van der Waals surface area contributed by atoms with Gasteiger partial charge in [0.15, 0.2) is 5.60 Å². The van der Waals surface area contributed by atoms with Crippen molar-refractivity contribution in [3.8, 4) is 0 Å². The van der Waals surface area contributed by atoms with Crippen molar-refractivity contribution in [1.29, 1.82) is 0 Å². The molecule has 3 aliphatic heterocycles. The number of piperidine rings is 1. The summed E-state index contributed by atoms with van der Waals surface area (Å²) in [5.41, 5.74) is -0.442. The Morgan fingerprint density at radius 2 is 1.42 bits per heavy atom. The molecule has 3 heterocycles. The van der Waals surface area contributed by atoms with Gasteiger partial charge >= 0.3 is 0 Å². The normalized spacial score (nSPS) is 20.0. The molecule has 5 rings (SSSR count). The Labute approximate surface area is 271 Å². The van der Waals surface area contributed by atoms with Gasteiger partial charge in [0.2, 0.25) is 5.91 Å². The number of nitrogens with zero attached hydrogens (tertiary/aromatic N) is 4. The smallest absolute Gasteiger partial charge is 0.258 e. The van der Waals surface area contributed by atoms with E-state index in [0.29, 0.717) is 60.9 Å². The monoisotopic (exact) mass is 669 g/mol. The predicted octanol–water partition coefficient (Wildman–Crippen LogP) is 4.60. The first kappa shape index (κ1) is 32.1. The van der Waals surface area contributed by atoms with Gasteiger partial charge in [0, 0.05) is 86.6 Å². The van der Waals surface area contributed by atoms with Crippen LogP contribution in [0.1, 0.15) is 42.6 Å². The van der Waals surface area contributed by atoms with Gasteiger partial charge < -0.3 is 25.1 Å². The molecule has 2 N–H and O–H groups in total. The van der Waals surface area contributed by atoms with E-state index in [-0.39, 0.29) is 39.4 Å². The van der Waals surface area contributed by atoms with Gasteiger partial charge in [0.1, 0.15) is 0 Å². The Morgan fingerprint density at radius 1 is 0.837 bits per heavy atom. The molecule has 1 atom stereocenters. The molecule has 13 heteroatoms. The highest BCUT2D eigenvalue weighted by atomic mass is 35.5. The molecule has 0 aliphatic carbocycles. The summed E-state index contributed by atoms with van der Waals surface area (Å²) in [7, 11) is 0. The van der Waals surface area contributed by atoms with E-state index in [1.165, 1.54) is 19.9 Å². The number of carbonyl (C=O) groups excluding carboxylic acids is 3. The minimum absolute atomic E-state index is 0.00126. The molecule has 3 saturated heterocycles. The third-order valence-electron chi connectivity index (χ3n) is 8.69. The molecule has 232 valence electrons. The summed E-state index contributed by atoms with van der Waals surface area (Å²) in [5, 5.41) is 15.8. The molecule has 0 saturated carbocycles. The Hall–Kier alpha value is -2.27. The molecule has 9 nitrogen and oxygen atoms in total. The van der Waals surface area contributed by atoms with Gasteiger partial charge in [-0.15, -0.1) is 0 Å². The van der Waals surface area contributed by atoms with Gasteiger partial charge in [0.25, 0.3) is 11.8 Å². The van der Waals surface area contributed by atoms with E-state index in [0.717, 1.165) is 31.6 Å². The van der Waals surface area contributed by atoms with Crippen LogP contribution in [-0.2, 0) is 15.2 Å². The van der Waals surface area contributed by atoms with Crippen LogP contribution in [0.3, 0.4) is 0 Å². The highest BCUT2D eigenvalue weighted by molar-refractivity contribution is 6.40. The molecule has 0 aromatic heterocycles. The van der Waals surface area contributed by atoms with E-state index >= 15 is 0 Å². The maximum Gasteiger partial charge on any atom is 0.258 e. The lowest BCUT2D eigenvalue weighted by Gasteiger charge is -2.48. The molecule has 2 aromatic rings. The van der Waals surface area contributed by atoms with Crippen molar-refractivity contribution < 1.29 is 19.5 Å². The lowest BCUT2D eigenvalue weighted by atomic mass is 9.92. The number of benzene rings is 2. The van der Waals surface area contributed by atoms with E-state index in [1.807, 2.05) is 0 Å². The maximum absolute atomic E-state index is 13.2. The van der Waals surface area contributed by atoms with Crippen molar-refractivity contribution in [3.05, 3.63) is 61.5 Å². The van der Waals surface area contributed by atoms with Crippen LogP contribution in [0.2, 0.25) is 20.1 Å². The number of halogens is 4. The Morgan fingerprint density at radius 3 is 2.00 bits per heavy atom. The summed E-state index contributed by atoms with van der Waals surface area (Å²) in [6.07, 6.45) is 1.60. The van der Waals surface area contributed by atoms with Crippen LogP contribution in [-0.4, -0.2) is 107 Å². The van der Waals surface area contributed by atoms with Crippen molar-refractivity contribution in [1.82, 2.24) is 19.6 Å². The second kappa shape index (κ2) is 13.0. The third kappa shape index (κ3) is 6.87. The van der Waals surface area contributed by atoms with Crippen LogP contribution in [0.4, 0.5) is 5.69 Å². The SMILES string of the molecule is CC(=O)N1CCN(C(=O)c2c(Cl)cc(NC3CN(C4CCN(C(=O)[C@@](C)(O)c5cc(Cl)ccc5Cl)CC4)C3)cc2Cl)CC1. The fourth-order valence-electron chi connectivity index (χ4n) is 6.11. The van der Waals surface area contributed by atoms with E-state index in [1.54, 1.807) is 39.0 Å². The zero-order valence-corrected chi connectivity index (χ0v) is 27.1. The summed E-state index contributed by atoms with van der Waals surface area (Å²) in [6, 6.07) is 8.73. The van der Waals surface area contributed by atoms with Crippen molar-refractivity contribution in [2.45, 2.75) is 44.4 Å². The van der Waals surface area contributed by atoms with Crippen LogP contribution >= 0.6 is 46.4 Å². The molecule has 3 fully saturated rings. The number of nitrogens with one attached hydrogen (secondary N) is 1. The highest BCUT2D eigenvalue weighted by Gasteiger charge is 2.41. The number of likely N-dealkylation sites (tertiary alicyclic amines) is 2. The lowest BCUT2D eigenvalue weighted by Crippen LogP contribution is -2.61. The molecule has 0 bridgehead atoms. The van der Waals surface area contributed by atoms with Crippen LogP contribution < -0.4 is 5.32 Å². The lowest BCUT2D eigenvalue weighted by molar-refractivity contribution is -0.152. The molecular formula is C30H35Cl4N5O4. The van der Waals surface area contributed by atoms with Crippen molar-refractivity contribution in [2.75, 3.05) is 57.7 Å². The van der Waals surface area contributed by atoms with Crippen molar-refractivity contribution in [2.24, 2.45) is 0 Å². The summed E-state index contributed by atoms with van der Waals surface area (Å²) >= 11 is 25.4. The maximum atomic E-state index is 13.2. The Bertz CT molecular complexity index is 1380. The molecule has 0 spiro atoms. The van der Waals surface area contributed by atoms with Crippen LogP contribution in [0.5, 0.6) is 0 Å². The summed E-state index contributed by atoms with van der Waals surface area (Å²) in [4.78, 5) is 45.4. The minimum atomic E-state index is -1.77. The first-order valence-corrected chi connectivity index (χ1v) is 15.9. The number of hydrogen-bond donors (Lipinski definition) is 2. The molecule has 0 unspecified atom stereocenters. The summed E-state index contributed by atoms with van der Waals surface area (Å²) < 4.78 is 0. The number of amides is 3. The van der Waals surface area contributed by atoms with Gasteiger partial charge in [-0.1, -0.05) is 46.4 Å². The fraction of sp³-hybridized carbons (Fsp3) is 0.500. The van der Waals surface area contributed by atoms with E-state index in [4.69, 9.17) is 46.4 Å². The zero-order chi connectivity index (χ0) is 31.1. The van der Waals surface area contributed by atoms with E-state index in [9.17, 15) is 19.5 Å². The Balaban J connectivity index is 1.11. The Kier molecular flexibility index (Phi) is 9.71. The minimum Gasteiger partial charge on any atom is -0.380 e. The first-order chi connectivity index (χ1) is 20.3. The van der Waals surface area contributed by atoms with Crippen LogP contribution in [0, 0.1) is 0 Å². The summed E-state index contributed by atoms with van der Waals surface area (Å²) in [5.74, 6) is -0.618. The van der Waals surface area contributed by atoms with Crippen molar-refractivity contribution >= 4 is 69.8 Å². The number of hydrogen-bond acceptors (Lipinski definition) is 6. The zero-order valence-electron chi connectivity index (χ0n) is 24.1. The molecule has 3 amide bonds. The molecule has 0 radical (unpaired) electrons. The standard InChI is InChI=1S/C30H35Cl4N5O4/c1-18(40)36-9-11-37(12-10-36)28(41)27-25(33)14-20(15-26(27)34)35-21-16-39(17-21)22-5-7-38(8-6-22)29(42)30(2,43)23-13-19(31)3-4-24(23)32/h3-4,13-15,21-22,35,43H,5-12,16-17H2,1-2H3/t30-/m0/s1. The molecule has 3 aliphatic rings. The van der Waals surface area contributed by atoms with Gasteiger partial charge in [-0.05, 0) is 50.1 Å². The number of anilines is 1. The van der Waals surface area contributed by atoms with Crippen molar-refractivity contribution in [3.63, 3.8) is 0 Å². The average Bonchev–Trinajstić information content (AvgIpc) is 2.95. The van der Waals surface area contributed by atoms with Gasteiger partial charge in [-0.25, -0.2) is 0 Å². The molecule has 2 aromatic carbocycles. The second-order valence-corrected chi connectivity index (χ2v) is 13.3. The van der Waals surface area contributed by atoms with Gasteiger partial charge in [-0.2, -0.15) is 0 Å². The topological polar surface area (TPSA) is 96.4 Å². The van der Waals surface area contributed by atoms with E-state index < -0.39 is 5.60 Å². The molecular weight excluding hydrogens is 636 g/mol. The first-order valence-electron chi connectivity index (χ1n) is 14.4. The van der Waals surface area contributed by atoms with Gasteiger partial charge in [0.05, 0.1) is 21.7 Å². The van der Waals surface area contributed by atoms with Gasteiger partial charge in [-0.3, -0.25) is 19.3 Å². The summed E-state index contributed by atoms with van der Waals surface area (Å²) in [6.45, 7) is 7.56. The largest absolute Gasteiger partial charge is 0.380 e. The highest BCUT2D eigenvalue weighted by Crippen LogP contribution is 2.35. The fourth-order valence-corrected chi connectivity index (χ4v) is 7.23. The second-order valence-electron chi connectivity index (χ2n) is 11.6. The molecule has 43 heavy (non-hydrogen) atoms. The number of rotatable bonds is 6. The average molecular weight is 671 g/mol. The van der Waals surface area contributed by atoms with Crippen LogP contribution in [0.25, 0.3) is 0 Å². The van der Waals surface area contributed by atoms with Crippen LogP contribution in [0.15, 0.2) is 30.3 Å². The third-order valence-corrected chi connectivity index (χ3v) is 9.85. The number of carbonyl (C=O) groups is 3. The quantitative estimate of drug-likeness (QED) is 0.467. The number of aliphatic hydroxyl groups is 1.